The lowest BCUT2D eigenvalue weighted by molar-refractivity contribution is -0.0112. The van der Waals surface area contributed by atoms with Crippen LogP contribution in [0.4, 0.5) is 4.79 Å². The van der Waals surface area contributed by atoms with E-state index in [-0.39, 0.29) is 23.0 Å². The molecule has 0 bridgehead atoms. The first-order valence-corrected chi connectivity index (χ1v) is 7.06. The first kappa shape index (κ1) is 16.3. The molecule has 0 heterocycles. The number of carbonyl (C=O) groups excluding carboxylic acids is 1. The van der Waals surface area contributed by atoms with Crippen LogP contribution in [0.1, 0.15) is 60.8 Å². The van der Waals surface area contributed by atoms with Crippen LogP contribution in [0.2, 0.25) is 0 Å². The van der Waals surface area contributed by atoms with E-state index in [1.165, 1.54) is 0 Å². The Labute approximate surface area is 116 Å². The Morgan fingerprint density at radius 1 is 1.32 bits per heavy atom. The molecule has 2 N–H and O–H groups in total. The lowest BCUT2D eigenvalue weighted by atomic mass is 9.63. The first-order chi connectivity index (χ1) is 8.41. The van der Waals surface area contributed by atoms with Crippen LogP contribution in [0.3, 0.4) is 0 Å². The maximum absolute atomic E-state index is 11.7. The van der Waals surface area contributed by atoms with Crippen LogP contribution in [0.25, 0.3) is 0 Å². The maximum atomic E-state index is 11.7. The number of alkyl carbamates (subject to hydrolysis) is 1. The zero-order valence-electron chi connectivity index (χ0n) is 13.2. The van der Waals surface area contributed by atoms with Crippen molar-refractivity contribution >= 4 is 6.09 Å². The summed E-state index contributed by atoms with van der Waals surface area (Å²) in [6.45, 7) is 12.5. The average Bonchev–Trinajstić information content (AvgIpc) is 2.07. The van der Waals surface area contributed by atoms with E-state index in [2.05, 4.69) is 26.1 Å². The molecule has 0 aromatic rings. The lowest BCUT2D eigenvalue weighted by Crippen LogP contribution is -2.46. The Morgan fingerprint density at radius 2 is 1.89 bits per heavy atom. The van der Waals surface area contributed by atoms with E-state index in [0.29, 0.717) is 6.54 Å². The number of amides is 1. The van der Waals surface area contributed by atoms with Gasteiger partial charge in [-0.25, -0.2) is 4.79 Å². The Kier molecular flexibility index (Phi) is 4.55. The van der Waals surface area contributed by atoms with Crippen LogP contribution >= 0.6 is 0 Å². The Hall–Kier alpha value is -0.770. The van der Waals surface area contributed by atoms with Gasteiger partial charge in [0.05, 0.1) is 6.10 Å². The van der Waals surface area contributed by atoms with E-state index < -0.39 is 5.60 Å². The second-order valence-corrected chi connectivity index (χ2v) is 8.07. The molecule has 1 aliphatic carbocycles. The van der Waals surface area contributed by atoms with E-state index in [1.54, 1.807) is 0 Å². The van der Waals surface area contributed by atoms with Crippen molar-refractivity contribution in [1.82, 2.24) is 5.32 Å². The van der Waals surface area contributed by atoms with Gasteiger partial charge in [0, 0.05) is 6.54 Å². The van der Waals surface area contributed by atoms with Crippen molar-refractivity contribution in [3.05, 3.63) is 0 Å². The van der Waals surface area contributed by atoms with E-state index in [1.807, 2.05) is 20.8 Å². The zero-order valence-corrected chi connectivity index (χ0v) is 13.2. The second kappa shape index (κ2) is 5.31. The Bertz CT molecular complexity index is 333. The molecular formula is C15H29NO3. The van der Waals surface area contributed by atoms with Gasteiger partial charge in [0.15, 0.2) is 0 Å². The monoisotopic (exact) mass is 271 g/mol. The van der Waals surface area contributed by atoms with Gasteiger partial charge in [0.25, 0.3) is 0 Å². The summed E-state index contributed by atoms with van der Waals surface area (Å²) in [7, 11) is 0. The highest BCUT2D eigenvalue weighted by atomic mass is 16.6. The Balaban J connectivity index is 2.53. The summed E-state index contributed by atoms with van der Waals surface area (Å²) < 4.78 is 5.24. The maximum Gasteiger partial charge on any atom is 0.407 e. The molecule has 0 aromatic carbocycles. The third kappa shape index (κ3) is 5.81. The molecule has 0 aromatic heterocycles. The topological polar surface area (TPSA) is 58.6 Å². The number of rotatable bonds is 2. The van der Waals surface area contributed by atoms with Crippen molar-refractivity contribution in [2.75, 3.05) is 6.54 Å². The number of hydrogen-bond donors (Lipinski definition) is 2. The number of ether oxygens (including phenoxy) is 1. The van der Waals surface area contributed by atoms with Gasteiger partial charge in [-0.1, -0.05) is 20.8 Å². The molecule has 1 unspecified atom stereocenters. The highest BCUT2D eigenvalue weighted by Gasteiger charge is 2.40. The van der Waals surface area contributed by atoms with Crippen molar-refractivity contribution in [2.24, 2.45) is 10.8 Å². The van der Waals surface area contributed by atoms with Gasteiger partial charge in [-0.3, -0.25) is 0 Å². The van der Waals surface area contributed by atoms with Crippen molar-refractivity contribution < 1.29 is 14.6 Å². The van der Waals surface area contributed by atoms with Gasteiger partial charge in [0.2, 0.25) is 0 Å². The zero-order chi connectivity index (χ0) is 14.9. The molecule has 19 heavy (non-hydrogen) atoms. The molecule has 4 nitrogen and oxygen atoms in total. The van der Waals surface area contributed by atoms with Gasteiger partial charge >= 0.3 is 6.09 Å². The predicted molar refractivity (Wildman–Crippen MR) is 76.0 cm³/mol. The quantitative estimate of drug-likeness (QED) is 0.811. The molecule has 1 rings (SSSR count). The molecule has 0 aliphatic heterocycles. The molecule has 1 aliphatic rings. The predicted octanol–water partition coefficient (Wildman–Crippen LogP) is 3.09. The fourth-order valence-electron chi connectivity index (χ4n) is 3.31. The number of nitrogens with one attached hydrogen (secondary N) is 1. The largest absolute Gasteiger partial charge is 0.444 e. The molecule has 0 radical (unpaired) electrons. The van der Waals surface area contributed by atoms with Gasteiger partial charge < -0.3 is 15.2 Å². The van der Waals surface area contributed by atoms with Crippen LogP contribution in [0, 0.1) is 10.8 Å². The van der Waals surface area contributed by atoms with Crippen molar-refractivity contribution in [3.63, 3.8) is 0 Å². The SMILES string of the molecule is CC1(C)CC(O)C[C@](C)(CNC(=O)OC(C)(C)C)C1. The highest BCUT2D eigenvalue weighted by molar-refractivity contribution is 5.67. The van der Waals surface area contributed by atoms with E-state index in [4.69, 9.17) is 4.74 Å². The van der Waals surface area contributed by atoms with Crippen molar-refractivity contribution in [2.45, 2.75) is 72.5 Å². The molecule has 1 saturated carbocycles. The van der Waals surface area contributed by atoms with Gasteiger partial charge in [-0.15, -0.1) is 0 Å². The van der Waals surface area contributed by atoms with Crippen molar-refractivity contribution in [1.29, 1.82) is 0 Å². The minimum Gasteiger partial charge on any atom is -0.444 e. The third-order valence-electron chi connectivity index (χ3n) is 3.48. The van der Waals surface area contributed by atoms with Crippen LogP contribution in [-0.4, -0.2) is 29.4 Å². The van der Waals surface area contributed by atoms with Gasteiger partial charge in [0.1, 0.15) is 5.60 Å². The molecule has 0 spiro atoms. The normalized spacial score (nSPS) is 30.8. The number of hydrogen-bond acceptors (Lipinski definition) is 3. The summed E-state index contributed by atoms with van der Waals surface area (Å²) in [5.41, 5.74) is -0.434. The molecule has 112 valence electrons. The molecule has 1 fully saturated rings. The summed E-state index contributed by atoms with van der Waals surface area (Å²) >= 11 is 0. The van der Waals surface area contributed by atoms with E-state index in [9.17, 15) is 9.90 Å². The number of aliphatic hydroxyl groups is 1. The molecule has 2 atom stereocenters. The molecule has 0 saturated heterocycles. The van der Waals surface area contributed by atoms with E-state index >= 15 is 0 Å². The van der Waals surface area contributed by atoms with Gasteiger partial charge in [-0.05, 0) is 50.9 Å². The summed E-state index contributed by atoms with van der Waals surface area (Å²) in [5.74, 6) is 0. The van der Waals surface area contributed by atoms with Crippen LogP contribution in [0.15, 0.2) is 0 Å². The van der Waals surface area contributed by atoms with Crippen LogP contribution in [-0.2, 0) is 4.74 Å². The minimum absolute atomic E-state index is 0.0714. The highest BCUT2D eigenvalue weighted by Crippen LogP contribution is 2.45. The summed E-state index contributed by atoms with van der Waals surface area (Å²) in [6.07, 6.45) is 1.88. The van der Waals surface area contributed by atoms with Crippen molar-refractivity contribution in [3.8, 4) is 0 Å². The average molecular weight is 271 g/mol. The van der Waals surface area contributed by atoms with Crippen LogP contribution in [0.5, 0.6) is 0 Å². The second-order valence-electron chi connectivity index (χ2n) is 8.07. The fourth-order valence-corrected chi connectivity index (χ4v) is 3.31. The number of aliphatic hydroxyl groups excluding tert-OH is 1. The summed E-state index contributed by atoms with van der Waals surface area (Å²) in [5, 5.41) is 12.8. The van der Waals surface area contributed by atoms with Crippen LogP contribution < -0.4 is 5.32 Å². The molecule has 1 amide bonds. The summed E-state index contributed by atoms with van der Waals surface area (Å²) in [4.78, 5) is 11.7. The van der Waals surface area contributed by atoms with Gasteiger partial charge in [-0.2, -0.15) is 0 Å². The molecular weight excluding hydrogens is 242 g/mol. The Morgan fingerprint density at radius 3 is 2.37 bits per heavy atom. The van der Waals surface area contributed by atoms with E-state index in [0.717, 1.165) is 19.3 Å². The minimum atomic E-state index is -0.476. The molecule has 4 heteroatoms. The standard InChI is InChI=1S/C15H29NO3/c1-13(2,3)19-12(18)16-10-15(6)8-11(17)7-14(4,5)9-15/h11,17H,7-10H2,1-6H3,(H,16,18)/t11?,15-/m0/s1. The fraction of sp³-hybridized carbons (Fsp3) is 0.933. The smallest absolute Gasteiger partial charge is 0.407 e. The summed E-state index contributed by atoms with van der Waals surface area (Å²) in [6, 6.07) is 0. The number of carbonyl (C=O) groups is 1. The first-order valence-electron chi connectivity index (χ1n) is 7.06. The lowest BCUT2D eigenvalue weighted by Gasteiger charge is -2.45. The third-order valence-corrected chi connectivity index (χ3v) is 3.48.